The molecule has 7 nitrogen and oxygen atoms in total. The van der Waals surface area contributed by atoms with Crippen molar-refractivity contribution in [2.45, 2.75) is 45.6 Å². The molecule has 0 spiro atoms. The quantitative estimate of drug-likeness (QED) is 0.308. The van der Waals surface area contributed by atoms with Crippen LogP contribution in [0.5, 0.6) is 0 Å². The molecule has 0 bridgehead atoms. The van der Waals surface area contributed by atoms with Gasteiger partial charge >= 0.3 is 12.1 Å². The van der Waals surface area contributed by atoms with Gasteiger partial charge in [-0.3, -0.25) is 9.59 Å². The van der Waals surface area contributed by atoms with Crippen molar-refractivity contribution in [3.05, 3.63) is 95.6 Å². The number of hydrogen-bond donors (Lipinski definition) is 2. The van der Waals surface area contributed by atoms with Crippen LogP contribution in [0.2, 0.25) is 0 Å². The van der Waals surface area contributed by atoms with Gasteiger partial charge in [0.25, 0.3) is 0 Å². The Labute approximate surface area is 229 Å². The Morgan fingerprint density at radius 3 is 2.00 bits per heavy atom. The van der Waals surface area contributed by atoms with E-state index in [-0.39, 0.29) is 37.9 Å². The Morgan fingerprint density at radius 1 is 0.872 bits per heavy atom. The lowest BCUT2D eigenvalue weighted by Gasteiger charge is -2.36. The van der Waals surface area contributed by atoms with Crippen molar-refractivity contribution in [1.29, 1.82) is 0 Å². The number of benzene rings is 3. The molecule has 39 heavy (non-hydrogen) atoms. The van der Waals surface area contributed by atoms with E-state index in [0.29, 0.717) is 19.4 Å². The first kappa shape index (κ1) is 27.9. The zero-order valence-corrected chi connectivity index (χ0v) is 22.6. The Bertz CT molecular complexity index is 1260. The first-order valence-electron chi connectivity index (χ1n) is 13.5. The molecule has 0 aromatic heterocycles. The van der Waals surface area contributed by atoms with E-state index in [4.69, 9.17) is 4.74 Å². The van der Waals surface area contributed by atoms with Crippen molar-refractivity contribution in [1.82, 2.24) is 10.2 Å². The van der Waals surface area contributed by atoms with E-state index < -0.39 is 17.5 Å². The smallest absolute Gasteiger partial charge is 0.407 e. The number of aliphatic carboxylic acids is 1. The van der Waals surface area contributed by atoms with E-state index in [1.165, 1.54) is 0 Å². The lowest BCUT2D eigenvalue weighted by molar-refractivity contribution is -0.144. The molecule has 204 valence electrons. The molecule has 0 saturated heterocycles. The summed E-state index contributed by atoms with van der Waals surface area (Å²) in [6.45, 7) is 4.53. The summed E-state index contributed by atoms with van der Waals surface area (Å²) in [6, 6.07) is 25.8. The number of carbonyl (C=O) groups excluding carboxylic acids is 2. The minimum absolute atomic E-state index is 0.0516. The first-order valence-corrected chi connectivity index (χ1v) is 13.5. The largest absolute Gasteiger partial charge is 0.481 e. The van der Waals surface area contributed by atoms with Crippen LogP contribution in [-0.4, -0.2) is 47.7 Å². The molecular weight excluding hydrogens is 492 g/mol. The molecule has 0 fully saturated rings. The molecule has 4 rings (SSSR count). The number of hydrogen-bond acceptors (Lipinski definition) is 4. The van der Waals surface area contributed by atoms with Crippen molar-refractivity contribution in [3.8, 4) is 11.1 Å². The second-order valence-electron chi connectivity index (χ2n) is 10.0. The maximum absolute atomic E-state index is 13.8. The van der Waals surface area contributed by atoms with E-state index in [9.17, 15) is 19.5 Å². The van der Waals surface area contributed by atoms with Crippen LogP contribution in [0.25, 0.3) is 11.1 Å². The predicted octanol–water partition coefficient (Wildman–Crippen LogP) is 5.84. The van der Waals surface area contributed by atoms with Crippen LogP contribution in [0.3, 0.4) is 0 Å². The summed E-state index contributed by atoms with van der Waals surface area (Å²) in [5, 5.41) is 12.1. The number of carboxylic acid groups (broad SMARTS) is 1. The molecule has 0 atom stereocenters. The third-order valence-electron chi connectivity index (χ3n) is 7.82. The molecule has 0 aliphatic heterocycles. The van der Waals surface area contributed by atoms with Crippen LogP contribution in [0.15, 0.2) is 78.9 Å². The molecule has 0 saturated carbocycles. The minimum atomic E-state index is -0.962. The number of carbonyl (C=O) groups is 3. The molecule has 1 aliphatic carbocycles. The van der Waals surface area contributed by atoms with E-state index in [0.717, 1.165) is 27.8 Å². The maximum atomic E-state index is 13.8. The number of ether oxygens (including phenoxy) is 1. The maximum Gasteiger partial charge on any atom is 0.407 e. The van der Waals surface area contributed by atoms with Gasteiger partial charge in [-0.2, -0.15) is 0 Å². The van der Waals surface area contributed by atoms with Gasteiger partial charge in [0.15, 0.2) is 0 Å². The highest BCUT2D eigenvalue weighted by molar-refractivity contribution is 5.84. The number of nitrogens with zero attached hydrogens (tertiary/aromatic N) is 1. The molecule has 3 aromatic carbocycles. The predicted molar refractivity (Wildman–Crippen MR) is 150 cm³/mol. The zero-order chi connectivity index (χ0) is 27.8. The highest BCUT2D eigenvalue weighted by Gasteiger charge is 2.39. The fourth-order valence-corrected chi connectivity index (χ4v) is 5.39. The van der Waals surface area contributed by atoms with Gasteiger partial charge in [0, 0.05) is 25.6 Å². The van der Waals surface area contributed by atoms with Crippen molar-refractivity contribution in [2.24, 2.45) is 5.41 Å². The van der Waals surface area contributed by atoms with Crippen LogP contribution < -0.4 is 5.32 Å². The first-order chi connectivity index (χ1) is 18.9. The zero-order valence-electron chi connectivity index (χ0n) is 22.6. The highest BCUT2D eigenvalue weighted by atomic mass is 16.5. The average Bonchev–Trinajstić information content (AvgIpc) is 3.29. The van der Waals surface area contributed by atoms with E-state index in [1.807, 2.05) is 68.4 Å². The van der Waals surface area contributed by atoms with E-state index in [1.54, 1.807) is 4.90 Å². The second-order valence-corrected chi connectivity index (χ2v) is 10.0. The van der Waals surface area contributed by atoms with Crippen LogP contribution in [0, 0.1) is 5.41 Å². The Kier molecular flexibility index (Phi) is 9.02. The lowest BCUT2D eigenvalue weighted by atomic mass is 9.80. The lowest BCUT2D eigenvalue weighted by Crippen LogP contribution is -2.50. The summed E-state index contributed by atoms with van der Waals surface area (Å²) in [7, 11) is 0. The molecular formula is C32H36N2O5. The molecule has 7 heteroatoms. The highest BCUT2D eigenvalue weighted by Crippen LogP contribution is 2.44. The minimum Gasteiger partial charge on any atom is -0.481 e. The number of nitrogens with one attached hydrogen (secondary N) is 1. The van der Waals surface area contributed by atoms with Crippen molar-refractivity contribution in [2.75, 3.05) is 19.7 Å². The van der Waals surface area contributed by atoms with Gasteiger partial charge in [0.05, 0.1) is 11.8 Å². The topological polar surface area (TPSA) is 95.9 Å². The number of alkyl carbamates (subject to hydrolysis) is 1. The van der Waals surface area contributed by atoms with Crippen molar-refractivity contribution >= 4 is 18.0 Å². The van der Waals surface area contributed by atoms with Crippen LogP contribution in [0.1, 0.15) is 55.7 Å². The monoisotopic (exact) mass is 528 g/mol. The number of rotatable bonds is 12. The summed E-state index contributed by atoms with van der Waals surface area (Å²) in [6.07, 6.45) is 0.257. The second kappa shape index (κ2) is 12.6. The average molecular weight is 529 g/mol. The normalized spacial score (nSPS) is 12.4. The fourth-order valence-electron chi connectivity index (χ4n) is 5.39. The molecule has 2 amide bonds. The van der Waals surface area contributed by atoms with Crippen molar-refractivity contribution in [3.63, 3.8) is 0 Å². The van der Waals surface area contributed by atoms with E-state index >= 15 is 0 Å². The Balaban J connectivity index is 1.43. The van der Waals surface area contributed by atoms with Gasteiger partial charge in [-0.15, -0.1) is 0 Å². The van der Waals surface area contributed by atoms with Gasteiger partial charge in [0.1, 0.15) is 6.61 Å². The van der Waals surface area contributed by atoms with Gasteiger partial charge in [-0.1, -0.05) is 92.7 Å². The number of carboxylic acids is 1. The summed E-state index contributed by atoms with van der Waals surface area (Å²) in [5.41, 5.74) is 4.62. The molecule has 0 unspecified atom stereocenters. The fraction of sp³-hybridized carbons (Fsp3) is 0.344. The van der Waals surface area contributed by atoms with Gasteiger partial charge < -0.3 is 20.1 Å². The van der Waals surface area contributed by atoms with Crippen LogP contribution >= 0.6 is 0 Å². The summed E-state index contributed by atoms with van der Waals surface area (Å²) in [5.74, 6) is -1.18. The summed E-state index contributed by atoms with van der Waals surface area (Å²) >= 11 is 0. The summed E-state index contributed by atoms with van der Waals surface area (Å²) < 4.78 is 5.69. The number of amides is 2. The van der Waals surface area contributed by atoms with Gasteiger partial charge in [-0.25, -0.2) is 4.79 Å². The molecule has 1 aliphatic rings. The third kappa shape index (κ3) is 6.30. The molecule has 0 heterocycles. The number of fused-ring (bicyclic) bond motifs is 3. The molecule has 2 N–H and O–H groups in total. The third-order valence-corrected chi connectivity index (χ3v) is 7.82. The van der Waals surface area contributed by atoms with Gasteiger partial charge in [0.2, 0.25) is 5.91 Å². The summed E-state index contributed by atoms with van der Waals surface area (Å²) in [4.78, 5) is 39.6. The van der Waals surface area contributed by atoms with Crippen LogP contribution in [0.4, 0.5) is 4.79 Å². The van der Waals surface area contributed by atoms with Crippen LogP contribution in [-0.2, 0) is 20.9 Å². The molecule has 3 aromatic rings. The SMILES string of the molecule is CCC(CC)(CNC(=O)OCC1c2ccccc2-c2ccccc21)C(=O)N(CCC(=O)O)Cc1ccccc1. The van der Waals surface area contributed by atoms with E-state index in [2.05, 4.69) is 29.6 Å². The standard InChI is InChI=1S/C32H36N2O5/c1-3-32(4-2,30(37)34(19-18-29(35)36)20-23-12-6-5-7-13-23)22-33-31(38)39-21-28-26-16-10-8-14-24(26)25-15-9-11-17-27(25)28/h5-17,28H,3-4,18-22H2,1-2H3,(H,33,38)(H,35,36). The van der Waals surface area contributed by atoms with Crippen molar-refractivity contribution < 1.29 is 24.2 Å². The Hall–Kier alpha value is -4.13. The molecule has 0 radical (unpaired) electrons. The Morgan fingerprint density at radius 2 is 1.44 bits per heavy atom. The van der Waals surface area contributed by atoms with Gasteiger partial charge in [-0.05, 0) is 40.7 Å².